The summed E-state index contributed by atoms with van der Waals surface area (Å²) in [6.45, 7) is 7.31. The largest absolute Gasteiger partial charge is 0.493 e. The minimum Gasteiger partial charge on any atom is -0.493 e. The van der Waals surface area contributed by atoms with E-state index in [0.29, 0.717) is 22.8 Å². The number of nitrogens with two attached hydrogens (primary N) is 1. The van der Waals surface area contributed by atoms with E-state index in [0.717, 1.165) is 68.7 Å². The van der Waals surface area contributed by atoms with Gasteiger partial charge in [-0.15, -0.1) is 15.3 Å². The van der Waals surface area contributed by atoms with Crippen LogP contribution in [0.2, 0.25) is 0 Å². The Morgan fingerprint density at radius 2 is 2.06 bits per heavy atom. The summed E-state index contributed by atoms with van der Waals surface area (Å²) in [6.07, 6.45) is 2.82. The summed E-state index contributed by atoms with van der Waals surface area (Å²) in [6, 6.07) is 7.86. The molecule has 0 saturated carbocycles. The minimum atomic E-state index is 0.294. The Bertz CT molecular complexity index is 990. The summed E-state index contributed by atoms with van der Waals surface area (Å²) in [4.78, 5) is 6.62. The lowest BCUT2D eigenvalue weighted by molar-refractivity contribution is 0.0384. The van der Waals surface area contributed by atoms with Gasteiger partial charge in [0, 0.05) is 26.2 Å². The monoisotopic (exact) mass is 476 g/mol. The van der Waals surface area contributed by atoms with Crippen LogP contribution in [-0.4, -0.2) is 88.7 Å². The van der Waals surface area contributed by atoms with Crippen molar-refractivity contribution in [2.45, 2.75) is 11.6 Å². The normalized spacial score (nSPS) is 14.7. The summed E-state index contributed by atoms with van der Waals surface area (Å²) in [7, 11) is 0. The smallest absolute Gasteiger partial charge is 0.236 e. The van der Waals surface area contributed by atoms with Gasteiger partial charge < -0.3 is 20.5 Å². The third-order valence-corrected chi connectivity index (χ3v) is 6.44. The second kappa shape index (κ2) is 11.6. The van der Waals surface area contributed by atoms with Gasteiger partial charge in [0.2, 0.25) is 16.2 Å². The first-order chi connectivity index (χ1) is 15.7. The van der Waals surface area contributed by atoms with Crippen molar-refractivity contribution in [3.63, 3.8) is 0 Å². The maximum absolute atomic E-state index is 6.06. The average Bonchev–Trinajstić information content (AvgIpc) is 3.46. The van der Waals surface area contributed by atoms with Gasteiger partial charge in [0.25, 0.3) is 0 Å². The maximum Gasteiger partial charge on any atom is 0.236 e. The molecule has 0 radical (unpaired) electrons. The molecule has 12 heteroatoms. The lowest BCUT2D eigenvalue weighted by atomic mass is 10.2. The lowest BCUT2D eigenvalue weighted by Gasteiger charge is -2.26. The molecule has 1 aliphatic heterocycles. The van der Waals surface area contributed by atoms with Crippen LogP contribution in [0.1, 0.15) is 6.42 Å². The number of anilines is 1. The molecule has 32 heavy (non-hydrogen) atoms. The highest BCUT2D eigenvalue weighted by Crippen LogP contribution is 2.33. The molecule has 0 unspecified atom stereocenters. The van der Waals surface area contributed by atoms with Crippen LogP contribution in [0.15, 0.2) is 29.4 Å². The Hall–Kier alpha value is -2.25. The highest BCUT2D eigenvalue weighted by atomic mass is 32.2. The predicted molar refractivity (Wildman–Crippen MR) is 127 cm³/mol. The second-order valence-corrected chi connectivity index (χ2v) is 8.89. The van der Waals surface area contributed by atoms with Gasteiger partial charge in [0.15, 0.2) is 5.01 Å². The molecule has 0 bridgehead atoms. The first kappa shape index (κ1) is 22.9. The van der Waals surface area contributed by atoms with Gasteiger partial charge in [-0.25, -0.2) is 0 Å². The van der Waals surface area contributed by atoms with Gasteiger partial charge >= 0.3 is 0 Å². The lowest BCUT2D eigenvalue weighted by Crippen LogP contribution is -2.40. The number of morpholine rings is 1. The zero-order chi connectivity index (χ0) is 22.2. The number of hydrogen-bond acceptors (Lipinski definition) is 11. The molecule has 2 aromatic heterocycles. The van der Waals surface area contributed by atoms with Gasteiger partial charge in [-0.2, -0.15) is 9.67 Å². The number of aromatic nitrogens is 5. The number of ether oxygens (including phenoxy) is 2. The third-order valence-electron chi connectivity index (χ3n) is 4.97. The summed E-state index contributed by atoms with van der Waals surface area (Å²) < 4.78 is 12.9. The Kier molecular flexibility index (Phi) is 8.29. The molecular formula is C20H28N8O2S2. The third kappa shape index (κ3) is 5.95. The van der Waals surface area contributed by atoms with Crippen LogP contribution in [-0.2, 0) is 4.74 Å². The number of hydrogen-bond donors (Lipinski definition) is 2. The van der Waals surface area contributed by atoms with E-state index in [1.807, 2.05) is 30.5 Å². The van der Waals surface area contributed by atoms with Crippen LogP contribution in [0.4, 0.5) is 5.95 Å². The Morgan fingerprint density at radius 3 is 2.88 bits per heavy atom. The molecule has 3 aromatic rings. The van der Waals surface area contributed by atoms with Gasteiger partial charge in [0.05, 0.1) is 25.4 Å². The van der Waals surface area contributed by atoms with Crippen molar-refractivity contribution in [3.8, 4) is 21.5 Å². The van der Waals surface area contributed by atoms with Gasteiger partial charge in [-0.1, -0.05) is 35.2 Å². The summed E-state index contributed by atoms with van der Waals surface area (Å²) in [5.74, 6) is 1.09. The molecule has 0 aliphatic carbocycles. The van der Waals surface area contributed by atoms with Crippen molar-refractivity contribution in [3.05, 3.63) is 24.3 Å². The standard InChI is InChI=1S/C20H28N8O2S2/c1-31-19-23-18(21)28(26-19)20-25-24-17(32-20)15-5-2-3-6-16(15)30-12-4-7-22-8-9-27-10-13-29-14-11-27/h2-3,5-6,22H,4,7-14H2,1H3,(H2,21,23,26). The predicted octanol–water partition coefficient (Wildman–Crippen LogP) is 1.78. The van der Waals surface area contributed by atoms with Gasteiger partial charge in [-0.05, 0) is 31.4 Å². The van der Waals surface area contributed by atoms with Crippen molar-refractivity contribution in [1.82, 2.24) is 35.2 Å². The molecule has 0 atom stereocenters. The van der Waals surface area contributed by atoms with Crippen LogP contribution in [0.3, 0.4) is 0 Å². The van der Waals surface area contributed by atoms with Crippen molar-refractivity contribution < 1.29 is 9.47 Å². The Morgan fingerprint density at radius 1 is 1.22 bits per heavy atom. The van der Waals surface area contributed by atoms with Crippen LogP contribution in [0.25, 0.3) is 15.7 Å². The quantitative estimate of drug-likeness (QED) is 0.313. The molecule has 3 N–H and O–H groups in total. The molecule has 1 aromatic carbocycles. The highest BCUT2D eigenvalue weighted by Gasteiger charge is 2.16. The SMILES string of the molecule is CSc1nc(N)n(-c2nnc(-c3ccccc3OCCCNCCN3CCOCC3)s2)n1. The van der Waals surface area contributed by atoms with Crippen molar-refractivity contribution in [2.24, 2.45) is 0 Å². The van der Waals surface area contributed by atoms with Crippen LogP contribution in [0, 0.1) is 0 Å². The Balaban J connectivity index is 1.28. The molecule has 10 nitrogen and oxygen atoms in total. The molecule has 172 valence electrons. The van der Waals surface area contributed by atoms with Gasteiger partial charge in [0.1, 0.15) is 5.75 Å². The fourth-order valence-corrected chi connectivity index (χ4v) is 4.46. The molecule has 0 amide bonds. The van der Waals surface area contributed by atoms with Crippen molar-refractivity contribution >= 4 is 29.0 Å². The first-order valence-electron chi connectivity index (χ1n) is 10.6. The number of nitrogens with one attached hydrogen (secondary N) is 1. The second-order valence-electron chi connectivity index (χ2n) is 7.16. The number of benzene rings is 1. The van der Waals surface area contributed by atoms with Crippen LogP contribution >= 0.6 is 23.1 Å². The zero-order valence-electron chi connectivity index (χ0n) is 18.1. The van der Waals surface area contributed by atoms with E-state index in [-0.39, 0.29) is 0 Å². The molecule has 4 rings (SSSR count). The summed E-state index contributed by atoms with van der Waals surface area (Å²) >= 11 is 2.83. The number of para-hydroxylation sites is 1. The van der Waals surface area contributed by atoms with E-state index in [2.05, 4.69) is 30.5 Å². The summed E-state index contributed by atoms with van der Waals surface area (Å²) in [5, 5.41) is 18.3. The van der Waals surface area contributed by atoms with E-state index < -0.39 is 0 Å². The number of nitrogen functional groups attached to an aromatic ring is 1. The van der Waals surface area contributed by atoms with E-state index >= 15 is 0 Å². The Labute approximate surface area is 195 Å². The first-order valence-corrected chi connectivity index (χ1v) is 12.6. The molecule has 3 heterocycles. The van der Waals surface area contributed by atoms with E-state index in [1.54, 1.807) is 0 Å². The zero-order valence-corrected chi connectivity index (χ0v) is 19.7. The molecule has 1 aliphatic rings. The van der Waals surface area contributed by atoms with E-state index in [9.17, 15) is 0 Å². The fraction of sp³-hybridized carbons (Fsp3) is 0.500. The average molecular weight is 477 g/mol. The van der Waals surface area contributed by atoms with E-state index in [1.165, 1.54) is 27.8 Å². The molecule has 0 spiro atoms. The van der Waals surface area contributed by atoms with Gasteiger partial charge in [-0.3, -0.25) is 4.90 Å². The van der Waals surface area contributed by atoms with E-state index in [4.69, 9.17) is 15.2 Å². The molecule has 1 fully saturated rings. The molecule has 1 saturated heterocycles. The number of nitrogens with zero attached hydrogens (tertiary/aromatic N) is 6. The van der Waals surface area contributed by atoms with Crippen molar-refractivity contribution in [2.75, 3.05) is 64.5 Å². The van der Waals surface area contributed by atoms with Crippen LogP contribution < -0.4 is 15.8 Å². The maximum atomic E-state index is 6.06. The number of rotatable bonds is 11. The summed E-state index contributed by atoms with van der Waals surface area (Å²) in [5.41, 5.74) is 6.86. The topological polar surface area (TPSA) is 116 Å². The fourth-order valence-electron chi connectivity index (χ4n) is 3.28. The number of thioether (sulfide) groups is 1. The highest BCUT2D eigenvalue weighted by molar-refractivity contribution is 7.98. The van der Waals surface area contributed by atoms with Crippen molar-refractivity contribution in [1.29, 1.82) is 0 Å². The molecular weight excluding hydrogens is 448 g/mol. The minimum absolute atomic E-state index is 0.294. The van der Waals surface area contributed by atoms with Crippen LogP contribution in [0.5, 0.6) is 5.75 Å².